The van der Waals surface area contributed by atoms with Gasteiger partial charge in [-0.15, -0.1) is 0 Å². The van der Waals surface area contributed by atoms with Crippen molar-refractivity contribution in [3.8, 4) is 5.75 Å². The van der Waals surface area contributed by atoms with Crippen molar-refractivity contribution in [2.75, 3.05) is 7.11 Å². The maximum Gasteiger partial charge on any atom is 0.119 e. The molecule has 2 atom stereocenters. The lowest BCUT2D eigenvalue weighted by molar-refractivity contribution is 0.164. The van der Waals surface area contributed by atoms with E-state index in [0.717, 1.165) is 16.9 Å². The number of methoxy groups -OCH3 is 1. The fourth-order valence-corrected chi connectivity index (χ4v) is 1.36. The zero-order chi connectivity index (χ0) is 10.7. The van der Waals surface area contributed by atoms with Crippen LogP contribution in [0.25, 0.3) is 0 Å². The van der Waals surface area contributed by atoms with Crippen LogP contribution in [0.4, 0.5) is 0 Å². The van der Waals surface area contributed by atoms with Crippen molar-refractivity contribution in [1.82, 2.24) is 0 Å². The van der Waals surface area contributed by atoms with Gasteiger partial charge in [-0.1, -0.05) is 6.07 Å². The quantitative estimate of drug-likeness (QED) is 0.766. The average molecular weight is 195 g/mol. The van der Waals surface area contributed by atoms with Gasteiger partial charge in [0.2, 0.25) is 0 Å². The molecule has 1 rings (SSSR count). The molecule has 0 unspecified atom stereocenters. The first-order chi connectivity index (χ1) is 6.56. The predicted molar refractivity (Wildman–Crippen MR) is 56.3 cm³/mol. The molecule has 0 saturated carbocycles. The van der Waals surface area contributed by atoms with Gasteiger partial charge < -0.3 is 15.6 Å². The first-order valence-corrected chi connectivity index (χ1v) is 4.64. The van der Waals surface area contributed by atoms with Gasteiger partial charge in [0.1, 0.15) is 5.75 Å². The molecule has 3 heteroatoms. The van der Waals surface area contributed by atoms with Crippen molar-refractivity contribution in [1.29, 1.82) is 0 Å². The molecule has 1 aromatic rings. The van der Waals surface area contributed by atoms with E-state index >= 15 is 0 Å². The van der Waals surface area contributed by atoms with Crippen molar-refractivity contribution >= 4 is 0 Å². The fraction of sp³-hybridized carbons (Fsp3) is 0.455. The van der Waals surface area contributed by atoms with Crippen LogP contribution >= 0.6 is 0 Å². The van der Waals surface area contributed by atoms with Crippen LogP contribution in [0.3, 0.4) is 0 Å². The average Bonchev–Trinajstić information content (AvgIpc) is 2.17. The second kappa shape index (κ2) is 4.44. The Morgan fingerprint density at radius 3 is 2.57 bits per heavy atom. The molecule has 3 nitrogen and oxygen atoms in total. The molecule has 0 amide bonds. The Labute approximate surface area is 84.5 Å². The van der Waals surface area contributed by atoms with E-state index in [1.165, 1.54) is 0 Å². The number of aryl methyl sites for hydroxylation is 1. The summed E-state index contributed by atoms with van der Waals surface area (Å²) < 4.78 is 5.10. The number of aliphatic hydroxyl groups excluding tert-OH is 1. The van der Waals surface area contributed by atoms with Crippen LogP contribution in [0.2, 0.25) is 0 Å². The van der Waals surface area contributed by atoms with E-state index in [2.05, 4.69) is 0 Å². The highest BCUT2D eigenvalue weighted by atomic mass is 16.5. The first-order valence-electron chi connectivity index (χ1n) is 4.64. The monoisotopic (exact) mass is 195 g/mol. The van der Waals surface area contributed by atoms with E-state index in [0.29, 0.717) is 0 Å². The van der Waals surface area contributed by atoms with Gasteiger partial charge in [-0.25, -0.2) is 0 Å². The van der Waals surface area contributed by atoms with Gasteiger partial charge in [0, 0.05) is 0 Å². The minimum Gasteiger partial charge on any atom is -0.497 e. The van der Waals surface area contributed by atoms with Gasteiger partial charge in [0.25, 0.3) is 0 Å². The third kappa shape index (κ3) is 2.25. The summed E-state index contributed by atoms with van der Waals surface area (Å²) in [6, 6.07) is 5.33. The predicted octanol–water partition coefficient (Wildman–Crippen LogP) is 1.38. The van der Waals surface area contributed by atoms with Crippen molar-refractivity contribution in [2.24, 2.45) is 5.73 Å². The van der Waals surface area contributed by atoms with Gasteiger partial charge in [0.05, 0.1) is 19.3 Å². The number of hydrogen-bond donors (Lipinski definition) is 2. The van der Waals surface area contributed by atoms with E-state index < -0.39 is 6.10 Å². The first kappa shape index (κ1) is 11.0. The van der Waals surface area contributed by atoms with E-state index in [-0.39, 0.29) is 6.04 Å². The van der Waals surface area contributed by atoms with E-state index in [4.69, 9.17) is 10.5 Å². The molecule has 0 radical (unpaired) electrons. The molecule has 0 saturated heterocycles. The molecular weight excluding hydrogens is 178 g/mol. The summed E-state index contributed by atoms with van der Waals surface area (Å²) in [5.74, 6) is 0.765. The molecule has 14 heavy (non-hydrogen) atoms. The van der Waals surface area contributed by atoms with Gasteiger partial charge in [-0.05, 0) is 37.1 Å². The molecule has 1 aromatic carbocycles. The minimum absolute atomic E-state index is 0.356. The number of ether oxygens (including phenoxy) is 1. The summed E-state index contributed by atoms with van der Waals surface area (Å²) in [4.78, 5) is 0. The molecular formula is C11H17NO2. The Bertz CT molecular complexity index is 310. The molecule has 0 aliphatic rings. The molecule has 0 aromatic heterocycles. The van der Waals surface area contributed by atoms with Gasteiger partial charge in [0.15, 0.2) is 0 Å². The summed E-state index contributed by atoms with van der Waals surface area (Å²) >= 11 is 0. The number of aliphatic hydroxyl groups is 1. The molecule has 0 heterocycles. The third-order valence-electron chi connectivity index (χ3n) is 2.37. The van der Waals surface area contributed by atoms with Crippen molar-refractivity contribution in [3.05, 3.63) is 29.3 Å². The Kier molecular flexibility index (Phi) is 3.49. The lowest BCUT2D eigenvalue weighted by Gasteiger charge is -2.18. The lowest BCUT2D eigenvalue weighted by atomic mass is 9.98. The third-order valence-corrected chi connectivity index (χ3v) is 2.37. The summed E-state index contributed by atoms with van der Waals surface area (Å²) in [6.45, 7) is 3.65. The minimum atomic E-state index is -0.555. The second-order valence-electron chi connectivity index (χ2n) is 3.49. The summed E-state index contributed by atoms with van der Waals surface area (Å²) in [7, 11) is 1.61. The fourth-order valence-electron chi connectivity index (χ4n) is 1.36. The number of nitrogens with two attached hydrogens (primary N) is 1. The van der Waals surface area contributed by atoms with E-state index in [1.54, 1.807) is 14.0 Å². The zero-order valence-corrected chi connectivity index (χ0v) is 8.82. The maximum atomic E-state index is 9.40. The number of benzene rings is 1. The standard InChI is InChI=1S/C11H17NO2/c1-7-4-5-9(14-3)6-10(7)11(12)8(2)13/h4-6,8,11,13H,12H2,1-3H3/t8-,11-/m0/s1. The van der Waals surface area contributed by atoms with Crippen LogP contribution in [0.15, 0.2) is 18.2 Å². The van der Waals surface area contributed by atoms with Crippen LogP contribution in [-0.2, 0) is 0 Å². The van der Waals surface area contributed by atoms with Crippen molar-refractivity contribution in [2.45, 2.75) is 26.0 Å². The number of rotatable bonds is 3. The topological polar surface area (TPSA) is 55.5 Å². The van der Waals surface area contributed by atoms with Crippen molar-refractivity contribution in [3.63, 3.8) is 0 Å². The maximum absolute atomic E-state index is 9.40. The Morgan fingerprint density at radius 1 is 1.43 bits per heavy atom. The van der Waals surface area contributed by atoms with Crippen LogP contribution in [0.1, 0.15) is 24.1 Å². The Morgan fingerprint density at radius 2 is 2.07 bits per heavy atom. The molecule has 0 fully saturated rings. The SMILES string of the molecule is COc1ccc(C)c([C@@H](N)[C@H](C)O)c1. The molecule has 0 bridgehead atoms. The molecule has 3 N–H and O–H groups in total. The molecule has 0 spiro atoms. The van der Waals surface area contributed by atoms with E-state index in [9.17, 15) is 5.11 Å². The second-order valence-corrected chi connectivity index (χ2v) is 3.49. The van der Waals surface area contributed by atoms with Gasteiger partial charge in [-0.2, -0.15) is 0 Å². The summed E-state index contributed by atoms with van der Waals surface area (Å²) in [6.07, 6.45) is -0.555. The summed E-state index contributed by atoms with van der Waals surface area (Å²) in [5.41, 5.74) is 7.86. The highest BCUT2D eigenvalue weighted by molar-refractivity contribution is 5.37. The number of hydrogen-bond acceptors (Lipinski definition) is 3. The van der Waals surface area contributed by atoms with Gasteiger partial charge in [-0.3, -0.25) is 0 Å². The Hall–Kier alpha value is -1.06. The van der Waals surface area contributed by atoms with Crippen LogP contribution < -0.4 is 10.5 Å². The lowest BCUT2D eigenvalue weighted by Crippen LogP contribution is -2.24. The van der Waals surface area contributed by atoms with Crippen LogP contribution in [0.5, 0.6) is 5.75 Å². The highest BCUT2D eigenvalue weighted by Gasteiger charge is 2.14. The smallest absolute Gasteiger partial charge is 0.119 e. The molecule has 0 aliphatic carbocycles. The largest absolute Gasteiger partial charge is 0.497 e. The summed E-state index contributed by atoms with van der Waals surface area (Å²) in [5, 5.41) is 9.40. The van der Waals surface area contributed by atoms with Crippen molar-refractivity contribution < 1.29 is 9.84 Å². The van der Waals surface area contributed by atoms with E-state index in [1.807, 2.05) is 25.1 Å². The van der Waals surface area contributed by atoms with Crippen LogP contribution in [0, 0.1) is 6.92 Å². The van der Waals surface area contributed by atoms with Gasteiger partial charge >= 0.3 is 0 Å². The normalized spacial score (nSPS) is 14.9. The molecule has 78 valence electrons. The highest BCUT2D eigenvalue weighted by Crippen LogP contribution is 2.23. The Balaban J connectivity index is 3.05. The zero-order valence-electron chi connectivity index (χ0n) is 8.82. The molecule has 0 aliphatic heterocycles. The van der Waals surface area contributed by atoms with Crippen LogP contribution in [-0.4, -0.2) is 18.3 Å².